The molecule has 0 saturated heterocycles. The molecule has 0 aliphatic rings. The molecule has 4 unspecified atom stereocenters. The lowest BCUT2D eigenvalue weighted by Gasteiger charge is -2.24. The molecule has 3 amide bonds. The summed E-state index contributed by atoms with van der Waals surface area (Å²) < 4.78 is 0. The van der Waals surface area contributed by atoms with Crippen molar-refractivity contribution in [3.05, 3.63) is 0 Å². The quantitative estimate of drug-likeness (QED) is 0.103. The summed E-state index contributed by atoms with van der Waals surface area (Å²) in [5, 5.41) is 33.7. The number of carboxylic acid groups (broad SMARTS) is 3. The lowest BCUT2D eigenvalue weighted by molar-refractivity contribution is -0.143. The maximum atomic E-state index is 12.6. The molecule has 0 aromatic carbocycles. The summed E-state index contributed by atoms with van der Waals surface area (Å²) >= 11 is 5.35. The number of carbonyl (C=O) groups is 6. The fourth-order valence-electron chi connectivity index (χ4n) is 2.46. The van der Waals surface area contributed by atoms with Gasteiger partial charge in [0.05, 0.1) is 6.04 Å². The van der Waals surface area contributed by atoms with Gasteiger partial charge in [-0.3, -0.25) is 24.0 Å². The summed E-state index contributed by atoms with van der Waals surface area (Å²) in [5.74, 6) is -5.99. The normalized spacial score (nSPS) is 14.3. The van der Waals surface area contributed by atoms with E-state index in [1.54, 1.807) is 6.26 Å². The van der Waals surface area contributed by atoms with Gasteiger partial charge in [0.15, 0.2) is 0 Å². The van der Waals surface area contributed by atoms with Crippen LogP contribution < -0.4 is 21.7 Å². The molecule has 0 bridgehead atoms. The van der Waals surface area contributed by atoms with E-state index >= 15 is 0 Å². The second-order valence-electron chi connectivity index (χ2n) is 6.96. The molecule has 0 saturated carbocycles. The first kappa shape index (κ1) is 30.5. The fraction of sp³-hybridized carbons (Fsp3) is 0.667. The second-order valence-corrected chi connectivity index (χ2v) is 8.31. The van der Waals surface area contributed by atoms with E-state index in [0.29, 0.717) is 5.75 Å². The maximum absolute atomic E-state index is 12.6. The number of thioether (sulfide) groups is 1. The number of nitrogens with one attached hydrogen (secondary N) is 3. The van der Waals surface area contributed by atoms with Crippen LogP contribution in [-0.2, 0) is 28.8 Å². The Balaban J connectivity index is 5.26. The van der Waals surface area contributed by atoms with Gasteiger partial charge in [-0.1, -0.05) is 0 Å². The number of thiol groups is 1. The van der Waals surface area contributed by atoms with Crippen LogP contribution in [0.3, 0.4) is 0 Å². The monoisotopic (exact) mass is 510 g/mol. The number of nitrogens with two attached hydrogens (primary N) is 1. The van der Waals surface area contributed by atoms with Crippen molar-refractivity contribution in [2.75, 3.05) is 17.8 Å². The summed E-state index contributed by atoms with van der Waals surface area (Å²) in [6, 6.07) is -5.08. The molecule has 0 aromatic rings. The van der Waals surface area contributed by atoms with E-state index in [4.69, 9.17) is 15.9 Å². The third kappa shape index (κ3) is 12.9. The number of aliphatic carboxylic acids is 3. The molecule has 0 aromatic heterocycles. The van der Waals surface area contributed by atoms with E-state index < -0.39 is 66.2 Å². The van der Waals surface area contributed by atoms with Crippen molar-refractivity contribution in [1.82, 2.24) is 16.0 Å². The van der Waals surface area contributed by atoms with Crippen molar-refractivity contribution in [3.8, 4) is 0 Å². The van der Waals surface area contributed by atoms with E-state index in [1.807, 2.05) is 0 Å². The van der Waals surface area contributed by atoms with Gasteiger partial charge in [-0.15, -0.1) is 0 Å². The van der Waals surface area contributed by atoms with Crippen LogP contribution in [0.4, 0.5) is 0 Å². The molecule has 0 fully saturated rings. The zero-order valence-electron chi connectivity index (χ0n) is 18.0. The number of carbonyl (C=O) groups excluding carboxylic acids is 3. The predicted molar refractivity (Wildman–Crippen MR) is 122 cm³/mol. The van der Waals surface area contributed by atoms with Crippen LogP contribution in [-0.4, -0.2) is 92.9 Å². The molecule has 4 atom stereocenters. The van der Waals surface area contributed by atoms with Crippen molar-refractivity contribution >= 4 is 60.0 Å². The molecule has 33 heavy (non-hydrogen) atoms. The van der Waals surface area contributed by atoms with Gasteiger partial charge in [-0.05, 0) is 31.3 Å². The third-order valence-corrected chi connectivity index (χ3v) is 5.34. The number of rotatable bonds is 17. The molecule has 0 aliphatic carbocycles. The van der Waals surface area contributed by atoms with E-state index in [2.05, 4.69) is 28.6 Å². The van der Waals surface area contributed by atoms with Crippen LogP contribution in [0.15, 0.2) is 0 Å². The van der Waals surface area contributed by atoms with Crippen LogP contribution >= 0.6 is 24.4 Å². The first-order valence-electron chi connectivity index (χ1n) is 9.85. The van der Waals surface area contributed by atoms with Gasteiger partial charge in [0.25, 0.3) is 0 Å². The van der Waals surface area contributed by atoms with Crippen LogP contribution in [0.25, 0.3) is 0 Å². The summed E-state index contributed by atoms with van der Waals surface area (Å²) in [5.41, 5.74) is 5.60. The zero-order valence-corrected chi connectivity index (χ0v) is 19.7. The van der Waals surface area contributed by atoms with E-state index in [9.17, 15) is 33.9 Å². The average molecular weight is 511 g/mol. The van der Waals surface area contributed by atoms with Crippen molar-refractivity contribution in [3.63, 3.8) is 0 Å². The summed E-state index contributed by atoms with van der Waals surface area (Å²) in [6.07, 6.45) is 0.539. The van der Waals surface area contributed by atoms with Gasteiger partial charge < -0.3 is 37.0 Å². The molecular formula is C18H30N4O9S2. The van der Waals surface area contributed by atoms with Crippen LogP contribution in [0.5, 0.6) is 0 Å². The first-order valence-corrected chi connectivity index (χ1v) is 11.9. The van der Waals surface area contributed by atoms with Gasteiger partial charge >= 0.3 is 17.9 Å². The van der Waals surface area contributed by atoms with Gasteiger partial charge in [-0.2, -0.15) is 24.4 Å². The number of hydrogen-bond donors (Lipinski definition) is 8. The lowest BCUT2D eigenvalue weighted by atomic mass is 10.1. The molecule has 13 nitrogen and oxygen atoms in total. The highest BCUT2D eigenvalue weighted by Gasteiger charge is 2.30. The Kier molecular flexibility index (Phi) is 14.9. The number of hydrogen-bond acceptors (Lipinski definition) is 9. The Morgan fingerprint density at radius 2 is 1.27 bits per heavy atom. The SMILES string of the molecule is CSCCC(NC(=O)C(CCC(=O)O)NC(=O)C(CS)NC(=O)C(N)CCC(=O)O)C(=O)O. The summed E-state index contributed by atoms with van der Waals surface area (Å²) in [4.78, 5) is 70.2. The molecule has 8 N–H and O–H groups in total. The van der Waals surface area contributed by atoms with Crippen molar-refractivity contribution in [1.29, 1.82) is 0 Å². The van der Waals surface area contributed by atoms with E-state index in [0.717, 1.165) is 0 Å². The lowest BCUT2D eigenvalue weighted by Crippen LogP contribution is -2.57. The van der Waals surface area contributed by atoms with Gasteiger partial charge in [0, 0.05) is 18.6 Å². The van der Waals surface area contributed by atoms with Crippen molar-refractivity contribution in [2.24, 2.45) is 5.73 Å². The maximum Gasteiger partial charge on any atom is 0.326 e. The minimum atomic E-state index is -1.38. The molecule has 0 heterocycles. The fourth-order valence-corrected chi connectivity index (χ4v) is 3.19. The molecule has 0 rings (SSSR count). The second kappa shape index (κ2) is 16.1. The minimum absolute atomic E-state index is 0.116. The number of amides is 3. The van der Waals surface area contributed by atoms with Crippen molar-refractivity contribution in [2.45, 2.75) is 56.3 Å². The molecule has 188 valence electrons. The van der Waals surface area contributed by atoms with Crippen LogP contribution in [0.1, 0.15) is 32.1 Å². The zero-order chi connectivity index (χ0) is 25.6. The Morgan fingerprint density at radius 1 is 0.788 bits per heavy atom. The Labute approximate surface area is 200 Å². The van der Waals surface area contributed by atoms with E-state index in [1.165, 1.54) is 11.8 Å². The predicted octanol–water partition coefficient (Wildman–Crippen LogP) is -1.73. The largest absolute Gasteiger partial charge is 0.481 e. The Hall–Kier alpha value is -2.52. The molecular weight excluding hydrogens is 480 g/mol. The Bertz CT molecular complexity index is 723. The molecule has 0 aliphatic heterocycles. The van der Waals surface area contributed by atoms with Gasteiger partial charge in [0.1, 0.15) is 18.1 Å². The minimum Gasteiger partial charge on any atom is -0.481 e. The summed E-state index contributed by atoms with van der Waals surface area (Å²) in [6.45, 7) is 0. The van der Waals surface area contributed by atoms with Crippen LogP contribution in [0, 0.1) is 0 Å². The summed E-state index contributed by atoms with van der Waals surface area (Å²) in [7, 11) is 0. The number of carboxylic acids is 3. The van der Waals surface area contributed by atoms with Gasteiger partial charge in [0.2, 0.25) is 17.7 Å². The Morgan fingerprint density at radius 3 is 1.76 bits per heavy atom. The highest BCUT2D eigenvalue weighted by molar-refractivity contribution is 7.98. The van der Waals surface area contributed by atoms with Gasteiger partial charge in [-0.25, -0.2) is 4.79 Å². The highest BCUT2D eigenvalue weighted by atomic mass is 32.2. The topological polar surface area (TPSA) is 225 Å². The van der Waals surface area contributed by atoms with E-state index in [-0.39, 0.29) is 31.4 Å². The smallest absolute Gasteiger partial charge is 0.326 e. The van der Waals surface area contributed by atoms with Crippen LogP contribution in [0.2, 0.25) is 0 Å². The molecule has 15 heteroatoms. The van der Waals surface area contributed by atoms with Crippen molar-refractivity contribution < 1.29 is 44.1 Å². The molecule has 0 radical (unpaired) electrons. The first-order chi connectivity index (χ1) is 15.4. The standard InChI is InChI=1S/C18H30N4O9S2/c1-33-7-6-11(18(30)31)21-16(28)10(3-5-14(25)26)20-17(29)12(8-32)22-15(27)9(19)2-4-13(23)24/h9-12,32H,2-8,19H2,1H3,(H,20,29)(H,21,28)(H,22,27)(H,23,24)(H,25,26)(H,30,31). The highest BCUT2D eigenvalue weighted by Crippen LogP contribution is 2.05. The average Bonchev–Trinajstić information content (AvgIpc) is 2.74. The third-order valence-electron chi connectivity index (χ3n) is 4.33. The molecule has 0 spiro atoms.